The molecule has 6 nitrogen and oxygen atoms in total. The summed E-state index contributed by atoms with van der Waals surface area (Å²) in [6, 6.07) is 0. The van der Waals surface area contributed by atoms with Crippen molar-refractivity contribution in [1.29, 1.82) is 0 Å². The molecule has 2 saturated carbocycles. The zero-order valence-electron chi connectivity index (χ0n) is 34.4. The molecule has 0 bridgehead atoms. The van der Waals surface area contributed by atoms with Crippen LogP contribution in [0.15, 0.2) is 0 Å². The Morgan fingerprint density at radius 2 is 0.902 bits per heavy atom. The van der Waals surface area contributed by atoms with Crippen LogP contribution in [0.25, 0.3) is 0 Å². The summed E-state index contributed by atoms with van der Waals surface area (Å²) in [7, 11) is 0. The van der Waals surface area contributed by atoms with Crippen LogP contribution in [0, 0.1) is 40.4 Å². The minimum atomic E-state index is -2.57. The van der Waals surface area contributed by atoms with Gasteiger partial charge in [0.1, 0.15) is 12.3 Å². The molecular weight excluding hydrogens is 657 g/mol. The zero-order chi connectivity index (χ0) is 38.0. The summed E-state index contributed by atoms with van der Waals surface area (Å²) in [4.78, 5) is 0. The van der Waals surface area contributed by atoms with Crippen molar-refractivity contribution >= 4 is 0 Å². The van der Waals surface area contributed by atoms with Crippen LogP contribution in [-0.4, -0.2) is 88.4 Å². The van der Waals surface area contributed by atoms with E-state index >= 15 is 0 Å². The maximum absolute atomic E-state index is 13.2. The molecule has 0 amide bonds. The van der Waals surface area contributed by atoms with E-state index < -0.39 is 18.2 Å². The fraction of sp³-hybridized carbons (Fsp3) is 1.00. The maximum atomic E-state index is 13.2. The molecule has 2 aliphatic carbocycles. The molecule has 5 aliphatic heterocycles. The maximum Gasteiger partial charge on any atom is 0.273 e. The summed E-state index contributed by atoms with van der Waals surface area (Å²) < 4.78 is 70.4. The third-order valence-electron chi connectivity index (χ3n) is 11.8. The normalized spacial score (nSPS) is 34.3. The van der Waals surface area contributed by atoms with Gasteiger partial charge in [-0.25, -0.2) is 13.2 Å². The monoisotopic (exact) mass is 735 g/mol. The predicted octanol–water partition coefficient (Wildman–Crippen LogP) is 10.5. The van der Waals surface area contributed by atoms with Gasteiger partial charge in [0.15, 0.2) is 0 Å². The highest BCUT2D eigenvalue weighted by atomic mass is 19.3. The number of rotatable bonds is 5. The molecule has 0 aromatic carbocycles. The second kappa shape index (κ2) is 19.9. The Kier molecular flexibility index (Phi) is 17.6. The number of hydrogen-bond donors (Lipinski definition) is 0. The minimum Gasteiger partial charge on any atom is -0.377 e. The van der Waals surface area contributed by atoms with Crippen LogP contribution >= 0.6 is 0 Å². The topological polar surface area (TPSA) is 55.4 Å². The lowest BCUT2D eigenvalue weighted by molar-refractivity contribution is -0.105. The first kappa shape index (κ1) is 44.9. The van der Waals surface area contributed by atoms with Gasteiger partial charge in [0, 0.05) is 6.42 Å². The standard InChI is InChI=1S/C10H18O.C9H17FO.C9H16O.C7H12F2O.C7H14O2/c1-8(2)9-3-4-10(5-6-10)7-11-9;1-7(2)8-4-5-9(3,10)6-11-8;1-7(2)8-5-9(3-4-9)6-10-8;1-5(2)6-3-7(8,9)4-10-6;1-6(2)7-5-8-3-4-9-7/h8-9H,3-7H2,1-2H3;7-8H,4-6H2,1-3H3;7-8H,3-6H2,1-2H3;5-6H,3-4H2,1-2H3;6-7H,3-5H2,1-2H3. The molecule has 5 heterocycles. The van der Waals surface area contributed by atoms with Crippen LogP contribution in [0.2, 0.25) is 0 Å². The number of halogens is 3. The second-order valence-electron chi connectivity index (χ2n) is 18.9. The first-order chi connectivity index (χ1) is 23.8. The van der Waals surface area contributed by atoms with Crippen LogP contribution in [-0.2, 0) is 28.4 Å². The van der Waals surface area contributed by atoms with Crippen molar-refractivity contribution in [3.63, 3.8) is 0 Å². The first-order valence-electron chi connectivity index (χ1n) is 20.5. The van der Waals surface area contributed by atoms with E-state index in [2.05, 4.69) is 55.4 Å². The highest BCUT2D eigenvalue weighted by Crippen LogP contribution is 2.55. The fourth-order valence-corrected chi connectivity index (χ4v) is 7.13. The van der Waals surface area contributed by atoms with Crippen LogP contribution in [0.4, 0.5) is 13.2 Å². The molecule has 0 N–H and O–H groups in total. The van der Waals surface area contributed by atoms with E-state index in [1.165, 1.54) is 44.9 Å². The SMILES string of the molecule is CC(C)C1CC(F)(F)CO1.CC(C)C1CC2(CC2)CO1.CC(C)C1CCC(C)(F)CO1.CC(C)C1CCC2(CC2)CO1.CC(C)C1COCCO1. The Bertz CT molecular complexity index is 910. The molecule has 9 heteroatoms. The zero-order valence-corrected chi connectivity index (χ0v) is 34.4. The highest BCUT2D eigenvalue weighted by Gasteiger charge is 2.50. The Morgan fingerprint density at radius 1 is 0.451 bits per heavy atom. The van der Waals surface area contributed by atoms with Crippen LogP contribution in [0.3, 0.4) is 0 Å². The van der Waals surface area contributed by atoms with Crippen molar-refractivity contribution < 1.29 is 41.6 Å². The van der Waals surface area contributed by atoms with Gasteiger partial charge in [-0.3, -0.25) is 0 Å². The van der Waals surface area contributed by atoms with Crippen molar-refractivity contribution in [3.05, 3.63) is 0 Å². The quantitative estimate of drug-likeness (QED) is 0.280. The van der Waals surface area contributed by atoms with Gasteiger partial charge in [0.25, 0.3) is 5.92 Å². The second-order valence-corrected chi connectivity index (χ2v) is 18.9. The Morgan fingerprint density at radius 3 is 1.20 bits per heavy atom. The molecule has 5 saturated heterocycles. The van der Waals surface area contributed by atoms with E-state index in [9.17, 15) is 13.2 Å². The summed E-state index contributed by atoms with van der Waals surface area (Å²) in [5, 5.41) is 0. The summed E-state index contributed by atoms with van der Waals surface area (Å²) in [6.07, 6.45) is 12.7. The number of ether oxygens (including phenoxy) is 6. The van der Waals surface area contributed by atoms with E-state index in [0.29, 0.717) is 53.3 Å². The Balaban J connectivity index is 0.000000172. The molecule has 2 spiro atoms. The van der Waals surface area contributed by atoms with Crippen molar-refractivity contribution in [1.82, 2.24) is 0 Å². The lowest BCUT2D eigenvalue weighted by atomic mass is 9.91. The van der Waals surface area contributed by atoms with E-state index in [1.807, 2.05) is 13.8 Å². The highest BCUT2D eigenvalue weighted by molar-refractivity contribution is 4.99. The number of hydrogen-bond acceptors (Lipinski definition) is 6. The van der Waals surface area contributed by atoms with Gasteiger partial charge in [-0.1, -0.05) is 69.2 Å². The Labute approximate surface area is 310 Å². The molecule has 51 heavy (non-hydrogen) atoms. The smallest absolute Gasteiger partial charge is 0.273 e. The van der Waals surface area contributed by atoms with Crippen molar-refractivity contribution in [2.45, 2.75) is 182 Å². The molecular formula is C42H77F3O6. The van der Waals surface area contributed by atoms with Gasteiger partial charge in [0.2, 0.25) is 0 Å². The summed E-state index contributed by atoms with van der Waals surface area (Å²) in [5.41, 5.74) is 0.270. The predicted molar refractivity (Wildman–Crippen MR) is 199 cm³/mol. The lowest BCUT2D eigenvalue weighted by Gasteiger charge is -2.33. The number of alkyl halides is 3. The average Bonchev–Trinajstić information content (AvgIpc) is 3.92. The van der Waals surface area contributed by atoms with E-state index in [1.54, 1.807) is 6.92 Å². The molecule has 6 atom stereocenters. The van der Waals surface area contributed by atoms with Crippen molar-refractivity contribution in [3.8, 4) is 0 Å². The molecule has 302 valence electrons. The molecule has 7 fully saturated rings. The first-order valence-corrected chi connectivity index (χ1v) is 20.5. The lowest BCUT2D eigenvalue weighted by Crippen LogP contribution is -2.37. The van der Waals surface area contributed by atoms with Crippen molar-refractivity contribution in [2.24, 2.45) is 40.4 Å². The molecule has 7 rings (SSSR count). The fourth-order valence-electron chi connectivity index (χ4n) is 7.13. The van der Waals surface area contributed by atoms with E-state index in [4.69, 9.17) is 28.4 Å². The van der Waals surface area contributed by atoms with Gasteiger partial charge < -0.3 is 28.4 Å². The molecule has 0 aromatic rings. The van der Waals surface area contributed by atoms with E-state index in [0.717, 1.165) is 45.4 Å². The summed E-state index contributed by atoms with van der Waals surface area (Å²) in [5.74, 6) is 0.172. The van der Waals surface area contributed by atoms with Gasteiger partial charge >= 0.3 is 0 Å². The molecule has 0 aromatic heterocycles. The summed E-state index contributed by atoms with van der Waals surface area (Å²) in [6.45, 7) is 27.3. The minimum absolute atomic E-state index is 0.106. The van der Waals surface area contributed by atoms with Gasteiger partial charge in [-0.05, 0) is 105 Å². The third kappa shape index (κ3) is 16.0. The molecule has 6 unspecified atom stereocenters. The van der Waals surface area contributed by atoms with Gasteiger partial charge in [-0.2, -0.15) is 0 Å². The van der Waals surface area contributed by atoms with Crippen LogP contribution < -0.4 is 0 Å². The van der Waals surface area contributed by atoms with Gasteiger partial charge in [-0.15, -0.1) is 0 Å². The summed E-state index contributed by atoms with van der Waals surface area (Å²) >= 11 is 0. The Hall–Kier alpha value is -0.450. The van der Waals surface area contributed by atoms with Crippen LogP contribution in [0.5, 0.6) is 0 Å². The van der Waals surface area contributed by atoms with Crippen molar-refractivity contribution in [2.75, 3.05) is 46.2 Å². The molecule has 0 radical (unpaired) electrons. The van der Waals surface area contributed by atoms with E-state index in [-0.39, 0.29) is 31.2 Å². The van der Waals surface area contributed by atoms with Crippen LogP contribution in [0.1, 0.15) is 140 Å². The largest absolute Gasteiger partial charge is 0.377 e. The molecule has 7 aliphatic rings. The average molecular weight is 735 g/mol. The third-order valence-corrected chi connectivity index (χ3v) is 11.8. The van der Waals surface area contributed by atoms with Gasteiger partial charge in [0.05, 0.1) is 70.2 Å².